The van der Waals surface area contributed by atoms with E-state index < -0.39 is 27.0 Å². The Kier molecular flexibility index (Phi) is 6.61. The Morgan fingerprint density at radius 3 is 2.48 bits per heavy atom. The maximum atomic E-state index is 11.3. The van der Waals surface area contributed by atoms with Gasteiger partial charge in [-0.15, -0.1) is 0 Å². The molecule has 1 aromatic carbocycles. The van der Waals surface area contributed by atoms with Gasteiger partial charge in [-0.25, -0.2) is 0 Å². The molecule has 0 aliphatic carbocycles. The average Bonchev–Trinajstić information content (AvgIpc) is 2.53. The molecule has 1 aliphatic heterocycles. The van der Waals surface area contributed by atoms with Crippen LogP contribution >= 0.6 is 0 Å². The predicted octanol–water partition coefficient (Wildman–Crippen LogP) is 2.45. The molecule has 0 bridgehead atoms. The Labute approximate surface area is 150 Å². The van der Waals surface area contributed by atoms with E-state index in [0.29, 0.717) is 11.8 Å². The summed E-state index contributed by atoms with van der Waals surface area (Å²) < 4.78 is 22.4. The molecule has 1 heterocycles. The Hall–Kier alpha value is -1.86. The van der Waals surface area contributed by atoms with Crippen molar-refractivity contribution in [3.63, 3.8) is 0 Å². The lowest BCUT2D eigenvalue weighted by molar-refractivity contribution is -0.198. The molecule has 0 radical (unpaired) electrons. The topological polar surface area (TPSA) is 71.1 Å². The third-order valence-corrected chi connectivity index (χ3v) is 5.99. The highest BCUT2D eigenvalue weighted by molar-refractivity contribution is 6.64. The molecule has 138 valence electrons. The smallest absolute Gasteiger partial charge is 0.483 e. The quantitative estimate of drug-likeness (QED) is 0.545. The number of benzene rings is 1. The van der Waals surface area contributed by atoms with Gasteiger partial charge in [0.05, 0.1) is 6.61 Å². The molecule has 25 heavy (non-hydrogen) atoms. The molecule has 1 aromatic rings. The van der Waals surface area contributed by atoms with Crippen molar-refractivity contribution in [1.29, 1.82) is 0 Å². The Morgan fingerprint density at radius 1 is 1.20 bits per heavy atom. The van der Waals surface area contributed by atoms with Crippen molar-refractivity contribution in [3.05, 3.63) is 23.8 Å². The highest BCUT2D eigenvalue weighted by Gasteiger charge is 2.33. The third kappa shape index (κ3) is 5.57. The standard InChI is InChI=1S/C18H26O6Si/c1-5-6-7-10-18(4)21-12-15-11-16(8-9-17(15)22-18)25(23-13(2)19)24-14(3)20/h8-9,11,25H,5-7,10,12H2,1-4H3. The average molecular weight is 366 g/mol. The molecule has 1 aliphatic rings. The van der Waals surface area contributed by atoms with Crippen LogP contribution in [-0.4, -0.2) is 27.0 Å². The molecule has 0 aromatic heterocycles. The molecule has 1 atom stereocenters. The van der Waals surface area contributed by atoms with E-state index >= 15 is 0 Å². The summed E-state index contributed by atoms with van der Waals surface area (Å²) in [7, 11) is -2.62. The van der Waals surface area contributed by atoms with Crippen molar-refractivity contribution in [3.8, 4) is 5.75 Å². The van der Waals surface area contributed by atoms with Crippen LogP contribution in [0.3, 0.4) is 0 Å². The first-order valence-corrected chi connectivity index (χ1v) is 10.2. The van der Waals surface area contributed by atoms with Gasteiger partial charge in [-0.2, -0.15) is 0 Å². The first-order chi connectivity index (χ1) is 11.8. The number of hydrogen-bond donors (Lipinski definition) is 0. The minimum Gasteiger partial charge on any atom is -0.484 e. The van der Waals surface area contributed by atoms with Crippen LogP contribution in [0.2, 0.25) is 0 Å². The van der Waals surface area contributed by atoms with E-state index in [0.717, 1.165) is 37.0 Å². The van der Waals surface area contributed by atoms with E-state index in [2.05, 4.69) is 6.92 Å². The maximum Gasteiger partial charge on any atom is 0.483 e. The number of rotatable bonds is 7. The van der Waals surface area contributed by atoms with E-state index in [1.807, 2.05) is 19.1 Å². The number of carbonyl (C=O) groups is 2. The summed E-state index contributed by atoms with van der Waals surface area (Å²) in [5, 5.41) is 0.700. The molecule has 0 fully saturated rings. The SMILES string of the molecule is CCCCCC1(C)OCc2cc([SiH](OC(C)=O)OC(C)=O)ccc2O1. The predicted molar refractivity (Wildman–Crippen MR) is 94.7 cm³/mol. The second kappa shape index (κ2) is 8.49. The van der Waals surface area contributed by atoms with E-state index in [1.54, 1.807) is 6.07 Å². The van der Waals surface area contributed by atoms with Gasteiger partial charge in [-0.1, -0.05) is 25.8 Å². The second-order valence-corrected chi connectivity index (χ2v) is 8.20. The number of hydrogen-bond acceptors (Lipinski definition) is 6. The summed E-state index contributed by atoms with van der Waals surface area (Å²) in [5.74, 6) is -0.794. The first-order valence-electron chi connectivity index (χ1n) is 8.63. The lowest BCUT2D eigenvalue weighted by atomic mass is 10.1. The molecule has 0 saturated carbocycles. The molecule has 0 spiro atoms. The van der Waals surface area contributed by atoms with E-state index in [-0.39, 0.29) is 0 Å². The lowest BCUT2D eigenvalue weighted by Crippen LogP contribution is -2.42. The zero-order valence-electron chi connectivity index (χ0n) is 15.3. The second-order valence-electron chi connectivity index (χ2n) is 6.40. The zero-order valence-corrected chi connectivity index (χ0v) is 16.4. The van der Waals surface area contributed by atoms with Crippen LogP contribution in [0, 0.1) is 0 Å². The van der Waals surface area contributed by atoms with Gasteiger partial charge in [0.25, 0.3) is 11.9 Å². The van der Waals surface area contributed by atoms with Gasteiger partial charge in [0, 0.05) is 37.9 Å². The molecule has 0 saturated heterocycles. The summed E-state index contributed by atoms with van der Waals surface area (Å²) in [6.45, 7) is 7.13. The number of carbonyl (C=O) groups excluding carboxylic acids is 2. The molecule has 1 unspecified atom stereocenters. The summed E-state index contributed by atoms with van der Waals surface area (Å²) in [4.78, 5) is 22.6. The van der Waals surface area contributed by atoms with Crippen molar-refractivity contribution in [2.45, 2.75) is 65.8 Å². The van der Waals surface area contributed by atoms with Crippen LogP contribution in [0.25, 0.3) is 0 Å². The van der Waals surface area contributed by atoms with Crippen molar-refractivity contribution in [2.24, 2.45) is 0 Å². The summed E-state index contributed by atoms with van der Waals surface area (Å²) >= 11 is 0. The fourth-order valence-corrected chi connectivity index (χ4v) is 4.25. The molecule has 2 rings (SSSR count). The Bertz CT molecular complexity index is 616. The summed E-state index contributed by atoms with van der Waals surface area (Å²) in [6, 6.07) is 5.46. The summed E-state index contributed by atoms with van der Waals surface area (Å²) in [5.41, 5.74) is 0.863. The third-order valence-electron chi connectivity index (χ3n) is 4.00. The van der Waals surface area contributed by atoms with Crippen molar-refractivity contribution >= 4 is 26.4 Å². The maximum absolute atomic E-state index is 11.3. The minimum absolute atomic E-state index is 0.410. The van der Waals surface area contributed by atoms with Crippen LogP contribution in [0.4, 0.5) is 0 Å². The van der Waals surface area contributed by atoms with Crippen LogP contribution in [0.5, 0.6) is 5.75 Å². The van der Waals surface area contributed by atoms with E-state index in [9.17, 15) is 9.59 Å². The van der Waals surface area contributed by atoms with Crippen LogP contribution < -0.4 is 9.92 Å². The van der Waals surface area contributed by atoms with Gasteiger partial charge in [0.2, 0.25) is 5.79 Å². The molecular weight excluding hydrogens is 340 g/mol. The summed E-state index contributed by atoms with van der Waals surface area (Å²) in [6.07, 6.45) is 4.18. The van der Waals surface area contributed by atoms with Gasteiger partial charge in [-0.05, 0) is 18.6 Å². The van der Waals surface area contributed by atoms with Crippen LogP contribution in [0.15, 0.2) is 18.2 Å². The lowest BCUT2D eigenvalue weighted by Gasteiger charge is -2.36. The normalized spacial score (nSPS) is 19.1. The number of fused-ring (bicyclic) bond motifs is 1. The monoisotopic (exact) mass is 366 g/mol. The first kappa shape index (κ1) is 19.5. The van der Waals surface area contributed by atoms with E-state index in [1.165, 1.54) is 13.8 Å². The largest absolute Gasteiger partial charge is 0.484 e. The van der Waals surface area contributed by atoms with Crippen LogP contribution in [-0.2, 0) is 29.8 Å². The molecule has 0 N–H and O–H groups in total. The van der Waals surface area contributed by atoms with Crippen LogP contribution in [0.1, 0.15) is 58.9 Å². The Morgan fingerprint density at radius 2 is 1.88 bits per heavy atom. The fraction of sp³-hybridized carbons (Fsp3) is 0.556. The number of ether oxygens (including phenoxy) is 2. The van der Waals surface area contributed by atoms with Gasteiger partial charge < -0.3 is 18.3 Å². The highest BCUT2D eigenvalue weighted by atomic mass is 28.3. The van der Waals surface area contributed by atoms with Crippen molar-refractivity contribution < 1.29 is 27.9 Å². The van der Waals surface area contributed by atoms with Crippen molar-refractivity contribution in [1.82, 2.24) is 0 Å². The minimum atomic E-state index is -2.62. The molecule has 7 heteroatoms. The van der Waals surface area contributed by atoms with Crippen molar-refractivity contribution in [2.75, 3.05) is 0 Å². The van der Waals surface area contributed by atoms with E-state index in [4.69, 9.17) is 18.3 Å². The highest BCUT2D eigenvalue weighted by Crippen LogP contribution is 2.33. The molecule has 0 amide bonds. The Balaban J connectivity index is 2.14. The zero-order chi connectivity index (χ0) is 18.4. The molecular formula is C18H26O6Si. The van der Waals surface area contributed by atoms with Gasteiger partial charge >= 0.3 is 9.28 Å². The van der Waals surface area contributed by atoms with Gasteiger partial charge in [-0.3, -0.25) is 9.59 Å². The molecule has 6 nitrogen and oxygen atoms in total. The van der Waals surface area contributed by atoms with Gasteiger partial charge in [0.15, 0.2) is 0 Å². The van der Waals surface area contributed by atoms with Gasteiger partial charge in [0.1, 0.15) is 5.75 Å². The number of unbranched alkanes of at least 4 members (excludes halogenated alkanes) is 2. The fourth-order valence-electron chi connectivity index (χ4n) is 2.73.